The smallest absolute Gasteiger partial charge is 0.342 e. The molecule has 18 heavy (non-hydrogen) atoms. The Balaban J connectivity index is 2.06. The fraction of sp³-hybridized carbons (Fsp3) is 0.0714. The highest BCUT2D eigenvalue weighted by Gasteiger charge is 2.12. The van der Waals surface area contributed by atoms with Crippen LogP contribution in [0.1, 0.15) is 15.9 Å². The Bertz CT molecular complexity index is 566. The maximum atomic E-state index is 11.7. The van der Waals surface area contributed by atoms with Crippen molar-refractivity contribution in [1.29, 1.82) is 0 Å². The van der Waals surface area contributed by atoms with Crippen molar-refractivity contribution >= 4 is 17.6 Å². The van der Waals surface area contributed by atoms with Crippen molar-refractivity contribution in [1.82, 2.24) is 0 Å². The first-order valence-corrected chi connectivity index (χ1v) is 5.75. The second-order valence-corrected chi connectivity index (χ2v) is 4.09. The Morgan fingerprint density at radius 3 is 2.50 bits per heavy atom. The topological polar surface area (TPSA) is 46.5 Å². The lowest BCUT2D eigenvalue weighted by molar-refractivity contribution is 0.0469. The number of halogens is 1. The quantitative estimate of drug-likeness (QED) is 0.863. The molecule has 0 aliphatic rings. The number of phenols is 1. The Morgan fingerprint density at radius 2 is 1.78 bits per heavy atom. The van der Waals surface area contributed by atoms with Gasteiger partial charge in [-0.3, -0.25) is 0 Å². The first-order valence-electron chi connectivity index (χ1n) is 5.37. The van der Waals surface area contributed by atoms with Gasteiger partial charge in [0.1, 0.15) is 17.9 Å². The first kappa shape index (κ1) is 12.5. The molecule has 3 nitrogen and oxygen atoms in total. The third-order valence-corrected chi connectivity index (χ3v) is 2.81. The van der Waals surface area contributed by atoms with Gasteiger partial charge in [0.15, 0.2) is 0 Å². The van der Waals surface area contributed by atoms with E-state index in [2.05, 4.69) is 0 Å². The van der Waals surface area contributed by atoms with Crippen LogP contribution in [0.5, 0.6) is 5.75 Å². The van der Waals surface area contributed by atoms with Crippen LogP contribution < -0.4 is 0 Å². The number of rotatable bonds is 3. The van der Waals surface area contributed by atoms with E-state index in [0.29, 0.717) is 5.02 Å². The van der Waals surface area contributed by atoms with E-state index in [0.717, 1.165) is 5.56 Å². The molecule has 0 unspecified atom stereocenters. The second kappa shape index (κ2) is 5.56. The minimum atomic E-state index is -0.576. The van der Waals surface area contributed by atoms with Crippen LogP contribution in [-0.2, 0) is 11.3 Å². The Hall–Kier alpha value is -2.00. The lowest BCUT2D eigenvalue weighted by Gasteiger charge is -2.07. The number of ether oxygens (including phenoxy) is 1. The molecule has 4 heteroatoms. The highest BCUT2D eigenvalue weighted by molar-refractivity contribution is 6.31. The average Bonchev–Trinajstić information content (AvgIpc) is 2.38. The number of esters is 1. The number of aromatic hydroxyl groups is 1. The molecular formula is C14H11ClO3. The molecule has 1 N–H and O–H groups in total. The van der Waals surface area contributed by atoms with Crippen LogP contribution in [0.2, 0.25) is 5.02 Å². The van der Waals surface area contributed by atoms with Gasteiger partial charge in [0.05, 0.1) is 0 Å². The highest BCUT2D eigenvalue weighted by atomic mass is 35.5. The molecule has 0 aromatic heterocycles. The molecule has 0 aliphatic carbocycles. The summed E-state index contributed by atoms with van der Waals surface area (Å²) in [4.78, 5) is 11.7. The number of benzene rings is 2. The van der Waals surface area contributed by atoms with Crippen LogP contribution in [0.25, 0.3) is 0 Å². The first-order chi connectivity index (χ1) is 8.68. The number of phenolic OH excluding ortho intramolecular Hbond substituents is 1. The third kappa shape index (κ3) is 2.81. The molecule has 2 aromatic carbocycles. The van der Waals surface area contributed by atoms with Crippen LogP contribution in [-0.4, -0.2) is 11.1 Å². The lowest BCUT2D eigenvalue weighted by Crippen LogP contribution is -2.05. The zero-order valence-corrected chi connectivity index (χ0v) is 10.2. The second-order valence-electron chi connectivity index (χ2n) is 3.68. The van der Waals surface area contributed by atoms with Crippen LogP contribution in [0.4, 0.5) is 0 Å². The number of carbonyl (C=O) groups excluding carboxylic acids is 1. The van der Waals surface area contributed by atoms with Crippen molar-refractivity contribution in [3.05, 3.63) is 64.7 Å². The predicted molar refractivity (Wildman–Crippen MR) is 68.7 cm³/mol. The van der Waals surface area contributed by atoms with Crippen molar-refractivity contribution in [2.45, 2.75) is 6.61 Å². The van der Waals surface area contributed by atoms with Gasteiger partial charge in [-0.05, 0) is 18.2 Å². The van der Waals surface area contributed by atoms with E-state index in [-0.39, 0.29) is 17.9 Å². The summed E-state index contributed by atoms with van der Waals surface area (Å²) in [5.41, 5.74) is 0.868. The summed E-state index contributed by atoms with van der Waals surface area (Å²) >= 11 is 5.94. The highest BCUT2D eigenvalue weighted by Crippen LogP contribution is 2.19. The van der Waals surface area contributed by atoms with Gasteiger partial charge in [0.2, 0.25) is 0 Å². The maximum absolute atomic E-state index is 11.7. The van der Waals surface area contributed by atoms with Gasteiger partial charge in [-0.25, -0.2) is 4.79 Å². The number of hydrogen-bond donors (Lipinski definition) is 1. The molecule has 92 valence electrons. The Morgan fingerprint density at radius 1 is 1.11 bits per heavy atom. The Labute approximate surface area is 110 Å². The van der Waals surface area contributed by atoms with Crippen LogP contribution >= 0.6 is 11.6 Å². The van der Waals surface area contributed by atoms with Crippen molar-refractivity contribution in [3.8, 4) is 5.75 Å². The largest absolute Gasteiger partial charge is 0.507 e. The molecule has 0 radical (unpaired) electrons. The predicted octanol–water partition coefficient (Wildman–Crippen LogP) is 3.40. The van der Waals surface area contributed by atoms with Crippen molar-refractivity contribution in [2.75, 3.05) is 0 Å². The summed E-state index contributed by atoms with van der Waals surface area (Å²) in [5, 5.41) is 10.0. The van der Waals surface area contributed by atoms with Crippen LogP contribution in [0.15, 0.2) is 48.5 Å². The fourth-order valence-corrected chi connectivity index (χ4v) is 1.67. The molecule has 0 saturated carbocycles. The van der Waals surface area contributed by atoms with Gasteiger partial charge in [0, 0.05) is 10.6 Å². The minimum absolute atomic E-state index is 0.0762. The molecule has 0 atom stereocenters. The van der Waals surface area contributed by atoms with E-state index in [4.69, 9.17) is 16.3 Å². The summed E-state index contributed by atoms with van der Waals surface area (Å²) in [6.07, 6.45) is 0. The normalized spacial score (nSPS) is 10.1. The van der Waals surface area contributed by atoms with E-state index in [1.807, 2.05) is 6.07 Å². The molecular weight excluding hydrogens is 252 g/mol. The zero-order valence-electron chi connectivity index (χ0n) is 9.47. The van der Waals surface area contributed by atoms with E-state index < -0.39 is 5.97 Å². The molecule has 2 aromatic rings. The summed E-state index contributed by atoms with van der Waals surface area (Å²) in [5.74, 6) is -0.672. The molecule has 0 saturated heterocycles. The molecule has 0 aliphatic heterocycles. The molecule has 2 rings (SSSR count). The van der Waals surface area contributed by atoms with E-state index in [1.54, 1.807) is 30.3 Å². The summed E-state index contributed by atoms with van der Waals surface area (Å²) < 4.78 is 5.09. The monoisotopic (exact) mass is 262 g/mol. The van der Waals surface area contributed by atoms with Crippen molar-refractivity contribution < 1.29 is 14.6 Å². The van der Waals surface area contributed by atoms with Gasteiger partial charge < -0.3 is 9.84 Å². The van der Waals surface area contributed by atoms with Gasteiger partial charge in [-0.15, -0.1) is 0 Å². The van der Waals surface area contributed by atoms with Crippen molar-refractivity contribution in [3.63, 3.8) is 0 Å². The standard InChI is InChI=1S/C14H11ClO3/c15-12-7-3-1-5-10(12)9-18-14(17)11-6-2-4-8-13(11)16/h1-8,16H,9H2. The zero-order chi connectivity index (χ0) is 13.0. The minimum Gasteiger partial charge on any atom is -0.507 e. The van der Waals surface area contributed by atoms with E-state index in [9.17, 15) is 9.90 Å². The molecule has 0 amide bonds. The van der Waals surface area contributed by atoms with Crippen LogP contribution in [0, 0.1) is 0 Å². The number of hydrogen-bond acceptors (Lipinski definition) is 3. The number of carbonyl (C=O) groups is 1. The van der Waals surface area contributed by atoms with Gasteiger partial charge in [-0.1, -0.05) is 41.9 Å². The van der Waals surface area contributed by atoms with Gasteiger partial charge >= 0.3 is 5.97 Å². The average molecular weight is 263 g/mol. The molecule has 0 fully saturated rings. The maximum Gasteiger partial charge on any atom is 0.342 e. The van der Waals surface area contributed by atoms with Gasteiger partial charge in [0.25, 0.3) is 0 Å². The van der Waals surface area contributed by atoms with Gasteiger partial charge in [-0.2, -0.15) is 0 Å². The molecule has 0 bridgehead atoms. The van der Waals surface area contributed by atoms with Crippen LogP contribution in [0.3, 0.4) is 0 Å². The summed E-state index contributed by atoms with van der Waals surface area (Å²) in [7, 11) is 0. The Kier molecular flexibility index (Phi) is 3.85. The van der Waals surface area contributed by atoms with E-state index >= 15 is 0 Å². The fourth-order valence-electron chi connectivity index (χ4n) is 1.48. The summed E-state index contributed by atoms with van der Waals surface area (Å²) in [6.45, 7) is 0.0762. The summed E-state index contributed by atoms with van der Waals surface area (Å²) in [6, 6.07) is 13.4. The number of para-hydroxylation sites is 1. The van der Waals surface area contributed by atoms with Crippen molar-refractivity contribution in [2.24, 2.45) is 0 Å². The third-order valence-electron chi connectivity index (χ3n) is 2.44. The molecule has 0 heterocycles. The lowest BCUT2D eigenvalue weighted by atomic mass is 10.2. The molecule has 0 spiro atoms. The SMILES string of the molecule is O=C(OCc1ccccc1Cl)c1ccccc1O. The van der Waals surface area contributed by atoms with E-state index in [1.165, 1.54) is 12.1 Å².